The Morgan fingerprint density at radius 3 is 1.68 bits per heavy atom. The summed E-state index contributed by atoms with van der Waals surface area (Å²) in [5.74, 6) is -13.4. The van der Waals surface area contributed by atoms with Crippen molar-refractivity contribution in [3.05, 3.63) is 58.9 Å². The van der Waals surface area contributed by atoms with E-state index in [4.69, 9.17) is 5.11 Å². The van der Waals surface area contributed by atoms with Crippen LogP contribution < -0.4 is 4.18 Å². The second kappa shape index (κ2) is 10.2. The fourth-order valence-electron chi connectivity index (χ4n) is 1.33. The Morgan fingerprint density at radius 1 is 0.880 bits per heavy atom. The number of thiol groups is 1. The van der Waals surface area contributed by atoms with E-state index in [0.717, 1.165) is 0 Å². The minimum Gasteiger partial charge on any atom is -0.507 e. The van der Waals surface area contributed by atoms with Crippen molar-refractivity contribution in [2.45, 2.75) is 0 Å². The van der Waals surface area contributed by atoms with Gasteiger partial charge in [-0.1, -0.05) is 12.1 Å². The monoisotopic (exact) mass is 460 g/mol. The molecule has 0 aliphatic carbocycles. The molecule has 0 saturated carbocycles. The van der Waals surface area contributed by atoms with Crippen LogP contribution in [-0.2, 0) is 37.2 Å². The zero-order chi connectivity index (χ0) is 18.4. The van der Waals surface area contributed by atoms with Crippen molar-refractivity contribution >= 4 is 17.3 Å². The van der Waals surface area contributed by atoms with Crippen molar-refractivity contribution in [2.75, 3.05) is 0 Å². The smallest absolute Gasteiger partial charge is 0.299 e. The minimum atomic E-state index is -3.78. The Hall–Kier alpha value is -1.81. The van der Waals surface area contributed by atoms with E-state index in [1.165, 1.54) is 6.07 Å². The van der Waals surface area contributed by atoms with Gasteiger partial charge in [-0.3, -0.25) is 4.79 Å². The van der Waals surface area contributed by atoms with E-state index >= 15 is 0 Å². The second-order valence-corrected chi connectivity index (χ2v) is 4.52. The fraction of sp³-hybridized carbons (Fsp3) is 0. The molecule has 0 radical (unpaired) electrons. The number of phenols is 1. The molecular formula is C13H7F5O5SZr. The van der Waals surface area contributed by atoms with E-state index in [0.29, 0.717) is 11.8 Å². The van der Waals surface area contributed by atoms with Gasteiger partial charge in [0.1, 0.15) is 5.75 Å². The summed E-state index contributed by atoms with van der Waals surface area (Å²) in [5, 5.41) is 8.88. The van der Waals surface area contributed by atoms with Crippen LogP contribution in [0.2, 0.25) is 0 Å². The van der Waals surface area contributed by atoms with Gasteiger partial charge in [0.05, 0.1) is 5.56 Å². The summed E-state index contributed by atoms with van der Waals surface area (Å²) < 4.78 is 85.8. The van der Waals surface area contributed by atoms with Crippen LogP contribution in [0.4, 0.5) is 22.0 Å². The Kier molecular flexibility index (Phi) is 9.50. The predicted molar refractivity (Wildman–Crippen MR) is 70.7 cm³/mol. The standard InChI is InChI=1S/C7H6O2.C6HF5O3S.Zr/c8-5-6-3-1-2-4-7(6)9;7-1-2(8)4(10)6(14-15(12)13)5(11)3(1)9;/h1-5,9H;15H;. The number of hydrogen-bond acceptors (Lipinski definition) is 5. The summed E-state index contributed by atoms with van der Waals surface area (Å²) in [5.41, 5.74) is 0.331. The van der Waals surface area contributed by atoms with Gasteiger partial charge in [-0.25, -0.2) is 13.2 Å². The summed E-state index contributed by atoms with van der Waals surface area (Å²) in [6.45, 7) is 0. The minimum absolute atomic E-state index is 0. The molecule has 0 saturated heterocycles. The number of benzene rings is 2. The van der Waals surface area contributed by atoms with Gasteiger partial charge in [0, 0.05) is 26.2 Å². The normalized spacial score (nSPS) is 9.68. The van der Waals surface area contributed by atoms with Gasteiger partial charge < -0.3 is 9.29 Å². The number of aromatic hydroxyl groups is 1. The van der Waals surface area contributed by atoms with E-state index in [1.807, 2.05) is 0 Å². The third kappa shape index (κ3) is 5.89. The Balaban J connectivity index is 0.000000495. The molecule has 0 unspecified atom stereocenters. The summed E-state index contributed by atoms with van der Waals surface area (Å²) >= 11 is 0. The average molecular weight is 461 g/mol. The molecule has 0 atom stereocenters. The van der Waals surface area contributed by atoms with Crippen LogP contribution in [0.5, 0.6) is 11.5 Å². The zero-order valence-electron chi connectivity index (χ0n) is 11.8. The van der Waals surface area contributed by atoms with Crippen molar-refractivity contribution in [3.8, 4) is 11.5 Å². The molecule has 0 spiro atoms. The van der Waals surface area contributed by atoms with Crippen LogP contribution in [0.1, 0.15) is 10.4 Å². The van der Waals surface area contributed by atoms with Gasteiger partial charge in [-0.15, -0.1) is 0 Å². The maximum atomic E-state index is 12.6. The molecule has 25 heavy (non-hydrogen) atoms. The topological polar surface area (TPSA) is 80.7 Å². The summed E-state index contributed by atoms with van der Waals surface area (Å²) in [6, 6.07) is 6.40. The molecule has 134 valence electrons. The van der Waals surface area contributed by atoms with Gasteiger partial charge in [0.2, 0.25) is 34.8 Å². The number of carbonyl (C=O) groups excluding carboxylic acids is 1. The van der Waals surface area contributed by atoms with E-state index in [9.17, 15) is 35.2 Å². The summed E-state index contributed by atoms with van der Waals surface area (Å²) in [4.78, 5) is 10.1. The largest absolute Gasteiger partial charge is 0.507 e. The van der Waals surface area contributed by atoms with Crippen molar-refractivity contribution < 1.29 is 70.7 Å². The molecule has 0 heterocycles. The Morgan fingerprint density at radius 2 is 1.32 bits per heavy atom. The molecule has 0 fully saturated rings. The third-order valence-electron chi connectivity index (χ3n) is 2.40. The molecular weight excluding hydrogens is 454 g/mol. The Bertz CT molecular complexity index is 807. The van der Waals surface area contributed by atoms with Crippen LogP contribution >= 0.6 is 0 Å². The zero-order valence-corrected chi connectivity index (χ0v) is 15.2. The van der Waals surface area contributed by atoms with E-state index in [1.54, 1.807) is 18.2 Å². The summed E-state index contributed by atoms with van der Waals surface area (Å²) in [6.07, 6.45) is 0.620. The number of aldehydes is 1. The molecule has 2 aromatic carbocycles. The molecule has 0 aliphatic rings. The number of halogens is 5. The quantitative estimate of drug-likeness (QED) is 0.241. The Labute approximate surface area is 158 Å². The molecule has 1 N–H and O–H groups in total. The first-order valence-corrected chi connectivity index (χ1v) is 6.87. The average Bonchev–Trinajstić information content (AvgIpc) is 2.56. The molecule has 2 rings (SSSR count). The van der Waals surface area contributed by atoms with Crippen molar-refractivity contribution in [2.24, 2.45) is 0 Å². The molecule has 0 aliphatic heterocycles. The number of carbonyl (C=O) groups is 1. The second-order valence-electron chi connectivity index (χ2n) is 3.89. The van der Waals surface area contributed by atoms with Gasteiger partial charge >= 0.3 is 0 Å². The fourth-order valence-corrected chi connectivity index (χ4v) is 1.64. The SMILES string of the molecule is O=Cc1ccccc1O.O=[SH](=O)Oc1c(F)c(F)c(F)c(F)c1F.[Zr]. The van der Waals surface area contributed by atoms with Gasteiger partial charge in [-0.05, 0) is 12.1 Å². The van der Waals surface area contributed by atoms with Crippen LogP contribution in [0.15, 0.2) is 24.3 Å². The van der Waals surface area contributed by atoms with Crippen LogP contribution in [0.3, 0.4) is 0 Å². The molecule has 2 aromatic rings. The first kappa shape index (κ1) is 23.2. The molecule has 0 amide bonds. The van der Waals surface area contributed by atoms with Crippen LogP contribution in [0, 0.1) is 29.1 Å². The predicted octanol–water partition coefficient (Wildman–Crippen LogP) is 2.49. The molecule has 0 bridgehead atoms. The first-order chi connectivity index (χ1) is 11.2. The van der Waals surface area contributed by atoms with Gasteiger partial charge in [-0.2, -0.15) is 17.2 Å². The summed E-state index contributed by atoms with van der Waals surface area (Å²) in [7, 11) is -3.78. The van der Waals surface area contributed by atoms with Crippen LogP contribution in [-0.4, -0.2) is 19.8 Å². The van der Waals surface area contributed by atoms with E-state index in [-0.39, 0.29) is 32.0 Å². The molecule has 12 heteroatoms. The molecule has 5 nitrogen and oxygen atoms in total. The van der Waals surface area contributed by atoms with E-state index < -0.39 is 45.8 Å². The number of phenolic OH excluding ortho intramolecular Hbond substituents is 1. The van der Waals surface area contributed by atoms with Crippen LogP contribution in [0.25, 0.3) is 0 Å². The van der Waals surface area contributed by atoms with Crippen molar-refractivity contribution in [3.63, 3.8) is 0 Å². The number of rotatable bonds is 3. The third-order valence-corrected chi connectivity index (χ3v) is 2.73. The maximum Gasteiger partial charge on any atom is 0.299 e. The molecule has 0 aromatic heterocycles. The van der Waals surface area contributed by atoms with Crippen molar-refractivity contribution in [1.29, 1.82) is 0 Å². The maximum absolute atomic E-state index is 12.6. The van der Waals surface area contributed by atoms with E-state index in [2.05, 4.69) is 4.18 Å². The van der Waals surface area contributed by atoms with Gasteiger partial charge in [0.25, 0.3) is 11.0 Å². The van der Waals surface area contributed by atoms with Crippen molar-refractivity contribution in [1.82, 2.24) is 0 Å². The number of hydrogen-bond donors (Lipinski definition) is 2. The number of para-hydroxylation sites is 1. The first-order valence-electron chi connectivity index (χ1n) is 5.77. The van der Waals surface area contributed by atoms with Gasteiger partial charge in [0.15, 0.2) is 6.29 Å².